The van der Waals surface area contributed by atoms with E-state index in [2.05, 4.69) is 4.90 Å². The van der Waals surface area contributed by atoms with Crippen LogP contribution in [-0.4, -0.2) is 77.3 Å². The number of thiophene rings is 1. The van der Waals surface area contributed by atoms with Gasteiger partial charge in [-0.05, 0) is 37.1 Å². The summed E-state index contributed by atoms with van der Waals surface area (Å²) in [5, 5.41) is 0.857. The van der Waals surface area contributed by atoms with Crippen molar-refractivity contribution in [2.75, 3.05) is 45.8 Å². The lowest BCUT2D eigenvalue weighted by Crippen LogP contribution is -2.51. The summed E-state index contributed by atoms with van der Waals surface area (Å²) >= 11 is 7.58. The highest BCUT2D eigenvalue weighted by atomic mass is 35.5. The fraction of sp³-hybridized carbons (Fsp3) is 0.375. The van der Waals surface area contributed by atoms with Gasteiger partial charge in [-0.15, -0.1) is 11.3 Å². The lowest BCUT2D eigenvalue weighted by Gasteiger charge is -2.35. The zero-order valence-corrected chi connectivity index (χ0v) is 19.4. The molecule has 2 aliphatic heterocycles. The van der Waals surface area contributed by atoms with Crippen molar-refractivity contribution >= 4 is 45.7 Å². The molecule has 0 atom stereocenters. The second-order valence-electron chi connectivity index (χ2n) is 8.33. The number of likely N-dealkylation sites (tertiary alicyclic amines) is 1. The maximum Gasteiger partial charge on any atom is 0.254 e. The summed E-state index contributed by atoms with van der Waals surface area (Å²) in [6, 6.07) is 13.4. The van der Waals surface area contributed by atoms with Crippen LogP contribution in [0.5, 0.6) is 0 Å². The van der Waals surface area contributed by atoms with Crippen LogP contribution in [0.3, 0.4) is 0 Å². The second kappa shape index (κ2) is 9.17. The molecule has 8 heteroatoms. The van der Waals surface area contributed by atoms with E-state index in [1.165, 1.54) is 11.3 Å². The monoisotopic (exact) mass is 468 g/mol. The van der Waals surface area contributed by atoms with E-state index in [1.807, 2.05) is 52.3 Å². The molecule has 0 bridgehead atoms. The fourth-order valence-electron chi connectivity index (χ4n) is 4.47. The van der Waals surface area contributed by atoms with Crippen molar-refractivity contribution in [2.45, 2.75) is 12.8 Å². The van der Waals surface area contributed by atoms with Gasteiger partial charge in [0.15, 0.2) is 0 Å². The van der Waals surface area contributed by atoms with Crippen molar-refractivity contribution in [3.8, 4) is 10.6 Å². The van der Waals surface area contributed by atoms with Gasteiger partial charge >= 0.3 is 0 Å². The summed E-state index contributed by atoms with van der Waals surface area (Å²) in [6.07, 6.45) is 2.21. The van der Waals surface area contributed by atoms with Crippen molar-refractivity contribution in [3.63, 3.8) is 0 Å². The Morgan fingerprint density at radius 2 is 1.69 bits per heavy atom. The van der Waals surface area contributed by atoms with E-state index < -0.39 is 0 Å². The number of carbonyl (C=O) groups excluding carboxylic acids is 2. The molecule has 2 fully saturated rings. The minimum atomic E-state index is 0.0121. The number of nitrogens with zero attached hydrogens (tertiary/aromatic N) is 4. The Hall–Kier alpha value is -2.48. The maximum atomic E-state index is 13.5. The first-order valence-corrected chi connectivity index (χ1v) is 12.2. The van der Waals surface area contributed by atoms with Gasteiger partial charge in [-0.1, -0.05) is 29.8 Å². The smallest absolute Gasteiger partial charge is 0.254 e. The first kappa shape index (κ1) is 21.4. The molecular weight excluding hydrogens is 444 g/mol. The fourth-order valence-corrected chi connectivity index (χ4v) is 5.47. The molecule has 0 unspecified atom stereocenters. The van der Waals surface area contributed by atoms with Crippen molar-refractivity contribution in [3.05, 3.63) is 52.4 Å². The second-order valence-corrected chi connectivity index (χ2v) is 10.0. The van der Waals surface area contributed by atoms with Crippen LogP contribution in [0.25, 0.3) is 21.5 Å². The number of carbonyl (C=O) groups is 2. The van der Waals surface area contributed by atoms with Gasteiger partial charge < -0.3 is 9.80 Å². The molecule has 0 N–H and O–H groups in total. The van der Waals surface area contributed by atoms with E-state index in [1.54, 1.807) is 0 Å². The van der Waals surface area contributed by atoms with Crippen molar-refractivity contribution in [1.29, 1.82) is 0 Å². The van der Waals surface area contributed by atoms with Gasteiger partial charge in [-0.25, -0.2) is 4.98 Å². The average molecular weight is 469 g/mol. The molecule has 4 heterocycles. The summed E-state index contributed by atoms with van der Waals surface area (Å²) in [5.74, 6) is 0.222. The third-order valence-electron chi connectivity index (χ3n) is 6.25. The molecule has 6 nitrogen and oxygen atoms in total. The average Bonchev–Trinajstić information content (AvgIpc) is 3.51. The van der Waals surface area contributed by atoms with Crippen LogP contribution in [0, 0.1) is 0 Å². The lowest BCUT2D eigenvalue weighted by atomic mass is 10.1. The third-order valence-corrected chi connectivity index (χ3v) is 7.50. The molecule has 0 radical (unpaired) electrons. The third kappa shape index (κ3) is 4.37. The zero-order chi connectivity index (χ0) is 22.1. The number of halogens is 1. The summed E-state index contributed by atoms with van der Waals surface area (Å²) in [4.78, 5) is 37.7. The predicted molar refractivity (Wildman–Crippen MR) is 128 cm³/mol. The Morgan fingerprint density at radius 3 is 2.41 bits per heavy atom. The molecule has 0 aliphatic carbocycles. The Labute approximate surface area is 196 Å². The quantitative estimate of drug-likeness (QED) is 0.580. The first-order chi connectivity index (χ1) is 15.6. The van der Waals surface area contributed by atoms with Crippen molar-refractivity contribution in [2.24, 2.45) is 0 Å². The standard InChI is InChI=1S/C24H25ClN4O2S/c25-22-8-7-21(32-22)20-15-18(17-5-1-2-6-19(17)26-20)24(31)29-13-11-27(12-14-29)16-23(30)28-9-3-4-10-28/h1-2,5-8,15H,3-4,9-14,16H2. The van der Waals surface area contributed by atoms with Crippen molar-refractivity contribution < 1.29 is 9.59 Å². The minimum absolute atomic E-state index is 0.0121. The number of rotatable bonds is 4. The number of pyridine rings is 1. The van der Waals surface area contributed by atoms with Gasteiger partial charge in [0.2, 0.25) is 5.91 Å². The van der Waals surface area contributed by atoms with Crippen LogP contribution in [-0.2, 0) is 4.79 Å². The van der Waals surface area contributed by atoms with Gasteiger partial charge in [-0.3, -0.25) is 14.5 Å². The highest BCUT2D eigenvalue weighted by Gasteiger charge is 2.27. The van der Waals surface area contributed by atoms with Crippen LogP contribution in [0.4, 0.5) is 0 Å². The first-order valence-electron chi connectivity index (χ1n) is 11.0. The van der Waals surface area contributed by atoms with Crippen LogP contribution < -0.4 is 0 Å². The number of para-hydroxylation sites is 1. The molecular formula is C24H25ClN4O2S. The molecule has 3 aromatic rings. The zero-order valence-electron chi connectivity index (χ0n) is 17.8. The molecule has 2 saturated heterocycles. The molecule has 166 valence electrons. The molecule has 2 amide bonds. The molecule has 0 spiro atoms. The number of aromatic nitrogens is 1. The molecule has 1 aromatic carbocycles. The van der Waals surface area contributed by atoms with E-state index in [-0.39, 0.29) is 11.8 Å². The van der Waals surface area contributed by atoms with Gasteiger partial charge in [0, 0.05) is 44.7 Å². The Kier molecular flexibility index (Phi) is 6.13. The van der Waals surface area contributed by atoms with E-state index in [0.717, 1.165) is 47.4 Å². The molecule has 0 saturated carbocycles. The van der Waals surface area contributed by atoms with Crippen molar-refractivity contribution in [1.82, 2.24) is 19.7 Å². The SMILES string of the molecule is O=C(CN1CCN(C(=O)c2cc(-c3ccc(Cl)s3)nc3ccccc23)CC1)N1CCCC1. The summed E-state index contributed by atoms with van der Waals surface area (Å²) < 4.78 is 0.697. The maximum absolute atomic E-state index is 13.5. The number of amides is 2. The highest BCUT2D eigenvalue weighted by Crippen LogP contribution is 2.32. The largest absolute Gasteiger partial charge is 0.342 e. The van der Waals surface area contributed by atoms with Crippen LogP contribution in [0.2, 0.25) is 4.34 Å². The number of hydrogen-bond acceptors (Lipinski definition) is 5. The van der Waals surface area contributed by atoms with Gasteiger partial charge in [0.1, 0.15) is 0 Å². The molecule has 5 rings (SSSR count). The van der Waals surface area contributed by atoms with E-state index in [9.17, 15) is 9.59 Å². The number of piperazine rings is 1. The number of hydrogen-bond donors (Lipinski definition) is 0. The summed E-state index contributed by atoms with van der Waals surface area (Å²) in [7, 11) is 0. The van der Waals surface area contributed by atoms with E-state index in [0.29, 0.717) is 42.6 Å². The Balaban J connectivity index is 1.33. The van der Waals surface area contributed by atoms with E-state index in [4.69, 9.17) is 16.6 Å². The van der Waals surface area contributed by atoms with E-state index >= 15 is 0 Å². The van der Waals surface area contributed by atoms with Gasteiger partial charge in [0.05, 0.1) is 32.5 Å². The highest BCUT2D eigenvalue weighted by molar-refractivity contribution is 7.19. The number of benzene rings is 1. The predicted octanol–water partition coefficient (Wildman–Crippen LogP) is 4.00. The Morgan fingerprint density at radius 1 is 0.938 bits per heavy atom. The minimum Gasteiger partial charge on any atom is -0.342 e. The van der Waals surface area contributed by atoms with Gasteiger partial charge in [0.25, 0.3) is 5.91 Å². The summed E-state index contributed by atoms with van der Waals surface area (Å²) in [6.45, 7) is 4.85. The van der Waals surface area contributed by atoms with Gasteiger partial charge in [-0.2, -0.15) is 0 Å². The Bertz CT molecular complexity index is 1150. The van der Waals surface area contributed by atoms with Crippen LogP contribution >= 0.6 is 22.9 Å². The normalized spacial score (nSPS) is 17.3. The van der Waals surface area contributed by atoms with Crippen LogP contribution in [0.1, 0.15) is 23.2 Å². The molecule has 32 heavy (non-hydrogen) atoms. The van der Waals surface area contributed by atoms with Crippen LogP contribution in [0.15, 0.2) is 42.5 Å². The molecule has 2 aromatic heterocycles. The number of fused-ring (bicyclic) bond motifs is 1. The lowest BCUT2D eigenvalue weighted by molar-refractivity contribution is -0.131. The summed E-state index contributed by atoms with van der Waals surface area (Å²) in [5.41, 5.74) is 2.23. The topological polar surface area (TPSA) is 56.8 Å². The molecule has 2 aliphatic rings.